The molecule has 0 unspecified atom stereocenters. The van der Waals surface area contributed by atoms with Crippen molar-refractivity contribution in [1.29, 1.82) is 0 Å². The Kier molecular flexibility index (Phi) is 3.34. The first-order valence-corrected chi connectivity index (χ1v) is 8.03. The Morgan fingerprint density at radius 2 is 2.18 bits per heavy atom. The van der Waals surface area contributed by atoms with E-state index in [4.69, 9.17) is 0 Å². The van der Waals surface area contributed by atoms with Crippen LogP contribution in [0.15, 0.2) is 36.5 Å². The molecule has 1 saturated carbocycles. The Morgan fingerprint density at radius 3 is 3.05 bits per heavy atom. The van der Waals surface area contributed by atoms with Gasteiger partial charge in [0.2, 0.25) is 0 Å². The minimum atomic E-state index is -0.659. The first kappa shape index (κ1) is 13.7. The lowest BCUT2D eigenvalue weighted by Crippen LogP contribution is -2.39. The summed E-state index contributed by atoms with van der Waals surface area (Å²) < 4.78 is 0. The summed E-state index contributed by atoms with van der Waals surface area (Å²) in [5.74, 6) is 0.243. The zero-order valence-electron chi connectivity index (χ0n) is 12.5. The van der Waals surface area contributed by atoms with Crippen molar-refractivity contribution in [1.82, 2.24) is 9.88 Å². The Balaban J connectivity index is 1.66. The van der Waals surface area contributed by atoms with E-state index in [2.05, 4.69) is 22.0 Å². The fourth-order valence-electron chi connectivity index (χ4n) is 4.42. The molecule has 1 aliphatic heterocycles. The summed E-state index contributed by atoms with van der Waals surface area (Å²) >= 11 is 0. The normalized spacial score (nSPS) is 28.1. The Bertz CT molecular complexity index is 710. The van der Waals surface area contributed by atoms with E-state index in [-0.39, 0.29) is 6.04 Å². The van der Waals surface area contributed by atoms with Crippen LogP contribution in [0.1, 0.15) is 24.8 Å². The lowest BCUT2D eigenvalue weighted by atomic mass is 9.94. The number of aromatic nitrogens is 1. The van der Waals surface area contributed by atoms with Crippen LogP contribution in [0.4, 0.5) is 0 Å². The average molecular weight is 296 g/mol. The molecule has 22 heavy (non-hydrogen) atoms. The summed E-state index contributed by atoms with van der Waals surface area (Å²) in [4.78, 5) is 18.3. The highest BCUT2D eigenvalue weighted by Gasteiger charge is 2.47. The number of rotatable bonds is 3. The maximum Gasteiger partial charge on any atom is 0.321 e. The summed E-state index contributed by atoms with van der Waals surface area (Å²) in [6, 6.07) is 9.81. The van der Waals surface area contributed by atoms with Crippen LogP contribution in [0.25, 0.3) is 10.9 Å². The van der Waals surface area contributed by atoms with Crippen LogP contribution in [0.3, 0.4) is 0 Å². The Hall–Kier alpha value is -1.94. The number of benzene rings is 1. The van der Waals surface area contributed by atoms with Crippen molar-refractivity contribution in [2.45, 2.75) is 31.8 Å². The molecule has 0 radical (unpaired) electrons. The van der Waals surface area contributed by atoms with Gasteiger partial charge in [0.05, 0.1) is 5.52 Å². The summed E-state index contributed by atoms with van der Waals surface area (Å²) in [5.41, 5.74) is 2.16. The lowest BCUT2D eigenvalue weighted by Gasteiger charge is -2.24. The van der Waals surface area contributed by atoms with Gasteiger partial charge in [-0.2, -0.15) is 0 Å². The van der Waals surface area contributed by atoms with Crippen molar-refractivity contribution >= 4 is 16.9 Å². The zero-order chi connectivity index (χ0) is 15.1. The minimum Gasteiger partial charge on any atom is -0.480 e. The maximum absolute atomic E-state index is 11.8. The topological polar surface area (TPSA) is 53.4 Å². The molecule has 1 N–H and O–H groups in total. The number of aliphatic carboxylic acids is 1. The number of likely N-dealkylation sites (tertiary alicyclic amines) is 1. The largest absolute Gasteiger partial charge is 0.480 e. The van der Waals surface area contributed by atoms with E-state index >= 15 is 0 Å². The van der Waals surface area contributed by atoms with Crippen LogP contribution in [0.5, 0.6) is 0 Å². The molecule has 1 aliphatic carbocycles. The quantitative estimate of drug-likeness (QED) is 0.946. The van der Waals surface area contributed by atoms with Gasteiger partial charge < -0.3 is 5.11 Å². The molecular formula is C18H20N2O2. The highest BCUT2D eigenvalue weighted by atomic mass is 16.4. The predicted molar refractivity (Wildman–Crippen MR) is 84.4 cm³/mol. The molecule has 0 bridgehead atoms. The van der Waals surface area contributed by atoms with E-state index in [9.17, 15) is 9.90 Å². The zero-order valence-corrected chi connectivity index (χ0v) is 12.5. The highest BCUT2D eigenvalue weighted by Crippen LogP contribution is 2.43. The summed E-state index contributed by atoms with van der Waals surface area (Å²) in [5, 5.41) is 10.8. The van der Waals surface area contributed by atoms with Crippen molar-refractivity contribution in [2.75, 3.05) is 6.54 Å². The number of pyridine rings is 1. The van der Waals surface area contributed by atoms with Gasteiger partial charge in [-0.1, -0.05) is 24.6 Å². The van der Waals surface area contributed by atoms with Gasteiger partial charge in [-0.3, -0.25) is 14.7 Å². The molecule has 4 rings (SSSR count). The Morgan fingerprint density at radius 1 is 1.27 bits per heavy atom. The molecule has 2 heterocycles. The molecule has 3 atom stereocenters. The molecule has 2 aromatic rings. The third-order valence-corrected chi connectivity index (χ3v) is 5.35. The van der Waals surface area contributed by atoms with Gasteiger partial charge >= 0.3 is 5.97 Å². The van der Waals surface area contributed by atoms with E-state index < -0.39 is 5.97 Å². The molecule has 114 valence electrons. The van der Waals surface area contributed by atoms with Crippen molar-refractivity contribution in [3.8, 4) is 0 Å². The maximum atomic E-state index is 11.8. The van der Waals surface area contributed by atoms with Crippen molar-refractivity contribution in [3.63, 3.8) is 0 Å². The third-order valence-electron chi connectivity index (χ3n) is 5.35. The first-order valence-electron chi connectivity index (χ1n) is 8.03. The van der Waals surface area contributed by atoms with E-state index in [0.717, 1.165) is 23.9 Å². The molecule has 4 heteroatoms. The fraction of sp³-hybridized carbons (Fsp3) is 0.444. The molecular weight excluding hydrogens is 276 g/mol. The van der Waals surface area contributed by atoms with E-state index in [1.165, 1.54) is 18.4 Å². The molecule has 1 aromatic heterocycles. The smallest absolute Gasteiger partial charge is 0.321 e. The van der Waals surface area contributed by atoms with Crippen molar-refractivity contribution in [3.05, 3.63) is 42.1 Å². The van der Waals surface area contributed by atoms with Crippen LogP contribution in [-0.2, 0) is 11.3 Å². The predicted octanol–water partition coefficient (Wildman–Crippen LogP) is 2.92. The van der Waals surface area contributed by atoms with Gasteiger partial charge in [0, 0.05) is 24.7 Å². The number of hydrogen-bond acceptors (Lipinski definition) is 3. The van der Waals surface area contributed by atoms with Crippen LogP contribution in [-0.4, -0.2) is 33.5 Å². The molecule has 2 fully saturated rings. The highest BCUT2D eigenvalue weighted by molar-refractivity contribution is 5.82. The van der Waals surface area contributed by atoms with Gasteiger partial charge in [0.1, 0.15) is 6.04 Å². The minimum absolute atomic E-state index is 0.320. The molecule has 1 aromatic carbocycles. The third kappa shape index (κ3) is 2.18. The van der Waals surface area contributed by atoms with Crippen LogP contribution < -0.4 is 0 Å². The van der Waals surface area contributed by atoms with Gasteiger partial charge in [-0.05, 0) is 42.4 Å². The Labute approximate surface area is 129 Å². The van der Waals surface area contributed by atoms with E-state index in [0.29, 0.717) is 18.4 Å². The molecule has 0 spiro atoms. The summed E-state index contributed by atoms with van der Waals surface area (Å²) in [6.45, 7) is 1.62. The number of carboxylic acid groups (broad SMARTS) is 1. The number of fused-ring (bicyclic) bond motifs is 2. The number of nitrogens with zero attached hydrogens (tertiary/aromatic N) is 2. The number of hydrogen-bond donors (Lipinski definition) is 1. The number of carboxylic acids is 1. The number of carbonyl (C=O) groups is 1. The van der Waals surface area contributed by atoms with Gasteiger partial charge in [-0.15, -0.1) is 0 Å². The molecule has 2 aliphatic rings. The fourth-order valence-corrected chi connectivity index (χ4v) is 4.42. The SMILES string of the molecule is O=C(O)[C@@H]1[C@@H]2CCC[C@@H]2CN1Cc1cccc2ncccc12. The van der Waals surface area contributed by atoms with Crippen molar-refractivity contribution in [2.24, 2.45) is 11.8 Å². The van der Waals surface area contributed by atoms with Crippen LogP contribution in [0, 0.1) is 11.8 Å². The second kappa shape index (κ2) is 5.36. The van der Waals surface area contributed by atoms with Gasteiger partial charge in [0.15, 0.2) is 0 Å². The lowest BCUT2D eigenvalue weighted by molar-refractivity contribution is -0.143. The second-order valence-electron chi connectivity index (χ2n) is 6.55. The second-order valence-corrected chi connectivity index (χ2v) is 6.55. The van der Waals surface area contributed by atoms with Crippen molar-refractivity contribution < 1.29 is 9.90 Å². The van der Waals surface area contributed by atoms with E-state index in [1.807, 2.05) is 18.2 Å². The summed E-state index contributed by atoms with van der Waals surface area (Å²) in [7, 11) is 0. The molecule has 4 nitrogen and oxygen atoms in total. The van der Waals surface area contributed by atoms with Gasteiger partial charge in [-0.25, -0.2) is 0 Å². The standard InChI is InChI=1S/C18H20N2O2/c21-18(22)17-15-6-1-4-13(15)11-20(17)10-12-5-2-8-16-14(12)7-3-9-19-16/h2-3,5,7-9,13,15,17H,1,4,6,10-11H2,(H,21,22)/t13-,15-,17+/m1/s1. The first-order chi connectivity index (χ1) is 10.7. The summed E-state index contributed by atoms with van der Waals surface area (Å²) in [6.07, 6.45) is 5.23. The van der Waals surface area contributed by atoms with Crippen LogP contribution >= 0.6 is 0 Å². The average Bonchev–Trinajstić information content (AvgIpc) is 3.07. The molecule has 0 amide bonds. The van der Waals surface area contributed by atoms with E-state index in [1.54, 1.807) is 6.20 Å². The van der Waals surface area contributed by atoms with Gasteiger partial charge in [0.25, 0.3) is 0 Å². The monoisotopic (exact) mass is 296 g/mol. The molecule has 1 saturated heterocycles. The van der Waals surface area contributed by atoms with Crippen LogP contribution in [0.2, 0.25) is 0 Å².